The maximum atomic E-state index is 13.6. The quantitative estimate of drug-likeness (QED) is 0.266. The predicted molar refractivity (Wildman–Crippen MR) is 128 cm³/mol. The van der Waals surface area contributed by atoms with E-state index in [2.05, 4.69) is 51.6 Å². The molecule has 1 aliphatic heterocycles. The molecule has 0 saturated heterocycles. The zero-order chi connectivity index (χ0) is 19.8. The summed E-state index contributed by atoms with van der Waals surface area (Å²) in [6.07, 6.45) is 4.37. The van der Waals surface area contributed by atoms with E-state index in [4.69, 9.17) is 4.74 Å². The molecule has 0 aliphatic carbocycles. The highest BCUT2D eigenvalue weighted by atomic mass is 127. The van der Waals surface area contributed by atoms with Crippen molar-refractivity contribution in [1.29, 1.82) is 0 Å². The Morgan fingerprint density at radius 2 is 1.93 bits per heavy atom. The van der Waals surface area contributed by atoms with E-state index in [1.54, 1.807) is 25.2 Å². The third kappa shape index (κ3) is 6.62. The van der Waals surface area contributed by atoms with Crippen molar-refractivity contribution in [3.05, 3.63) is 72.1 Å². The zero-order valence-corrected chi connectivity index (χ0v) is 19.2. The molecule has 3 rings (SSSR count). The second kappa shape index (κ2) is 11.6. The Balaban J connectivity index is 0.00000300. The van der Waals surface area contributed by atoms with Crippen molar-refractivity contribution in [2.24, 2.45) is 4.99 Å². The van der Waals surface area contributed by atoms with Crippen molar-refractivity contribution >= 4 is 35.6 Å². The molecule has 7 heteroatoms. The number of nitrogens with zero attached hydrogens (tertiary/aromatic N) is 3. The van der Waals surface area contributed by atoms with E-state index in [-0.39, 0.29) is 35.5 Å². The molecule has 2 aromatic carbocycles. The van der Waals surface area contributed by atoms with Gasteiger partial charge in [0.25, 0.3) is 0 Å². The molecule has 1 N–H and O–H groups in total. The Kier molecular flexibility index (Phi) is 9.24. The van der Waals surface area contributed by atoms with Gasteiger partial charge in [0.1, 0.15) is 6.61 Å². The number of aliphatic imine (C=N–C) groups is 1. The zero-order valence-electron chi connectivity index (χ0n) is 16.8. The largest absolute Gasteiger partial charge is 0.489 e. The lowest BCUT2D eigenvalue weighted by atomic mass is 10.2. The smallest absolute Gasteiger partial charge is 0.193 e. The van der Waals surface area contributed by atoms with Crippen LogP contribution in [0.1, 0.15) is 5.56 Å². The first-order valence-corrected chi connectivity index (χ1v) is 9.45. The number of anilines is 1. The molecule has 0 bridgehead atoms. The molecule has 0 amide bonds. The highest BCUT2D eigenvalue weighted by molar-refractivity contribution is 14.0. The Morgan fingerprint density at radius 3 is 2.66 bits per heavy atom. The standard InChI is InChI=1S/C22H27FN4O.HI/c1-24-22(26(2)14-15-28-21-11-4-3-10-20(21)23)25-17-18-8-7-9-19(16-18)27-12-5-6-13-27;/h3-11,16H,12-15,17H2,1-2H3,(H,24,25);1H. The van der Waals surface area contributed by atoms with Crippen LogP contribution in [0.4, 0.5) is 10.1 Å². The van der Waals surface area contributed by atoms with Gasteiger partial charge in [0.05, 0.1) is 6.54 Å². The van der Waals surface area contributed by atoms with Crippen molar-refractivity contribution in [1.82, 2.24) is 10.2 Å². The van der Waals surface area contributed by atoms with Gasteiger partial charge in [0, 0.05) is 39.4 Å². The maximum absolute atomic E-state index is 13.6. The van der Waals surface area contributed by atoms with Crippen molar-refractivity contribution in [3.63, 3.8) is 0 Å². The average molecular weight is 510 g/mol. The molecule has 156 valence electrons. The van der Waals surface area contributed by atoms with E-state index >= 15 is 0 Å². The molecule has 0 fully saturated rings. The molecule has 0 saturated carbocycles. The van der Waals surface area contributed by atoms with Crippen LogP contribution in [0.3, 0.4) is 0 Å². The Bertz CT molecular complexity index is 835. The lowest BCUT2D eigenvalue weighted by molar-refractivity contribution is 0.270. The number of ether oxygens (including phenoxy) is 1. The summed E-state index contributed by atoms with van der Waals surface area (Å²) in [6, 6.07) is 15.0. The van der Waals surface area contributed by atoms with Crippen LogP contribution in [0.25, 0.3) is 0 Å². The minimum Gasteiger partial charge on any atom is -0.489 e. The van der Waals surface area contributed by atoms with Crippen LogP contribution >= 0.6 is 24.0 Å². The first-order valence-electron chi connectivity index (χ1n) is 9.45. The monoisotopic (exact) mass is 510 g/mol. The van der Waals surface area contributed by atoms with Crippen LogP contribution in [0.15, 0.2) is 65.7 Å². The average Bonchev–Trinajstić information content (AvgIpc) is 3.25. The summed E-state index contributed by atoms with van der Waals surface area (Å²) < 4.78 is 19.1. The molecule has 0 radical (unpaired) electrons. The third-order valence-electron chi connectivity index (χ3n) is 4.64. The molecular formula is C22H28FIN4O. The number of likely N-dealkylation sites (N-methyl/N-ethyl adjacent to an activating group) is 1. The number of halogens is 2. The fraction of sp³-hybridized carbons (Fsp3) is 0.318. The maximum Gasteiger partial charge on any atom is 0.193 e. The fourth-order valence-corrected chi connectivity index (χ4v) is 3.08. The Morgan fingerprint density at radius 1 is 1.17 bits per heavy atom. The van der Waals surface area contributed by atoms with Crippen LogP contribution in [0.2, 0.25) is 0 Å². The van der Waals surface area contributed by atoms with Gasteiger partial charge >= 0.3 is 0 Å². The normalized spacial score (nSPS) is 13.2. The van der Waals surface area contributed by atoms with E-state index in [9.17, 15) is 4.39 Å². The number of hydrogen-bond acceptors (Lipinski definition) is 3. The summed E-state index contributed by atoms with van der Waals surface area (Å²) in [7, 11) is 3.69. The van der Waals surface area contributed by atoms with E-state index in [1.165, 1.54) is 17.3 Å². The van der Waals surface area contributed by atoms with E-state index < -0.39 is 0 Å². The summed E-state index contributed by atoms with van der Waals surface area (Å²) in [5.41, 5.74) is 2.42. The second-order valence-corrected chi connectivity index (χ2v) is 6.65. The van der Waals surface area contributed by atoms with Crippen LogP contribution in [0, 0.1) is 5.82 Å². The predicted octanol–water partition coefficient (Wildman–Crippen LogP) is 3.91. The number of para-hydroxylation sites is 1. The number of guanidine groups is 1. The molecule has 2 aromatic rings. The fourth-order valence-electron chi connectivity index (χ4n) is 3.08. The van der Waals surface area contributed by atoms with Crippen molar-refractivity contribution < 1.29 is 9.13 Å². The molecule has 5 nitrogen and oxygen atoms in total. The van der Waals surface area contributed by atoms with E-state index in [0.29, 0.717) is 19.7 Å². The van der Waals surface area contributed by atoms with Gasteiger partial charge < -0.3 is 19.9 Å². The molecule has 0 atom stereocenters. The van der Waals surface area contributed by atoms with Crippen LogP contribution in [-0.2, 0) is 6.54 Å². The summed E-state index contributed by atoms with van der Waals surface area (Å²) in [5, 5.41) is 3.38. The van der Waals surface area contributed by atoms with Crippen molar-refractivity contribution in [2.45, 2.75) is 6.54 Å². The van der Waals surface area contributed by atoms with Gasteiger partial charge in [0.2, 0.25) is 0 Å². The first-order chi connectivity index (χ1) is 13.7. The highest BCUT2D eigenvalue weighted by Crippen LogP contribution is 2.18. The third-order valence-corrected chi connectivity index (χ3v) is 4.64. The molecule has 29 heavy (non-hydrogen) atoms. The number of rotatable bonds is 7. The van der Waals surface area contributed by atoms with Gasteiger partial charge in [-0.15, -0.1) is 24.0 Å². The topological polar surface area (TPSA) is 40.1 Å². The van der Waals surface area contributed by atoms with E-state index in [0.717, 1.165) is 19.0 Å². The van der Waals surface area contributed by atoms with Crippen LogP contribution in [0.5, 0.6) is 5.75 Å². The van der Waals surface area contributed by atoms with Crippen LogP contribution in [-0.4, -0.2) is 51.2 Å². The number of nitrogens with one attached hydrogen (secondary N) is 1. The van der Waals surface area contributed by atoms with Gasteiger partial charge in [-0.25, -0.2) is 4.39 Å². The van der Waals surface area contributed by atoms with Crippen LogP contribution < -0.4 is 15.0 Å². The summed E-state index contributed by atoms with van der Waals surface area (Å²) >= 11 is 0. The Labute approximate surface area is 189 Å². The van der Waals surface area contributed by atoms with Crippen molar-refractivity contribution in [3.8, 4) is 5.75 Å². The van der Waals surface area contributed by atoms with Gasteiger partial charge in [-0.1, -0.05) is 36.4 Å². The lowest BCUT2D eigenvalue weighted by Gasteiger charge is -2.23. The second-order valence-electron chi connectivity index (χ2n) is 6.65. The number of benzene rings is 2. The Hall–Kier alpha value is -2.29. The molecule has 0 spiro atoms. The summed E-state index contributed by atoms with van der Waals surface area (Å²) in [6.45, 7) is 3.57. The molecule has 1 heterocycles. The van der Waals surface area contributed by atoms with Gasteiger partial charge in [-0.05, 0) is 29.8 Å². The highest BCUT2D eigenvalue weighted by Gasteiger charge is 2.10. The number of hydrogen-bond donors (Lipinski definition) is 1. The van der Waals surface area contributed by atoms with Gasteiger partial charge in [-0.3, -0.25) is 4.99 Å². The molecule has 1 aliphatic rings. The SMILES string of the molecule is CN=C(NCc1cccc(N2CC=CC2)c1)N(C)CCOc1ccccc1F.I. The summed E-state index contributed by atoms with van der Waals surface area (Å²) in [4.78, 5) is 8.62. The lowest BCUT2D eigenvalue weighted by Crippen LogP contribution is -2.40. The first kappa shape index (κ1) is 23.0. The minimum absolute atomic E-state index is 0. The minimum atomic E-state index is -0.347. The molecule has 0 unspecified atom stereocenters. The van der Waals surface area contributed by atoms with Gasteiger partial charge in [0.15, 0.2) is 17.5 Å². The molecule has 0 aromatic heterocycles. The summed E-state index contributed by atoms with van der Waals surface area (Å²) in [5.74, 6) is 0.693. The van der Waals surface area contributed by atoms with Crippen molar-refractivity contribution in [2.75, 3.05) is 45.2 Å². The van der Waals surface area contributed by atoms with E-state index in [1.807, 2.05) is 11.9 Å². The molecular weight excluding hydrogens is 482 g/mol. The van der Waals surface area contributed by atoms with Gasteiger partial charge in [-0.2, -0.15) is 0 Å².